The Balaban J connectivity index is 2.26. The van der Waals surface area contributed by atoms with Gasteiger partial charge in [0.1, 0.15) is 12.4 Å². The van der Waals surface area contributed by atoms with Gasteiger partial charge in [-0.1, -0.05) is 31.0 Å². The number of hydrogen-bond donors (Lipinski definition) is 1. The van der Waals surface area contributed by atoms with Gasteiger partial charge in [-0.05, 0) is 38.8 Å². The molecule has 0 saturated heterocycles. The summed E-state index contributed by atoms with van der Waals surface area (Å²) in [6.45, 7) is 10.3. The lowest BCUT2D eigenvalue weighted by atomic mass is 10.1. The molecule has 0 aliphatic rings. The van der Waals surface area contributed by atoms with Crippen LogP contribution in [0.5, 0.6) is 5.75 Å². The number of rotatable bonds is 7. The molecule has 1 aromatic carbocycles. The SMILES string of the molecule is CCCC(C)NCCOc1ccc(C)cc1C. The standard InChI is InChI=1S/C15H25NO/c1-5-6-14(4)16-9-10-17-15-8-7-12(2)11-13(15)3/h7-8,11,14,16H,5-6,9-10H2,1-4H3. The third kappa shape index (κ3) is 5.22. The minimum atomic E-state index is 0.586. The second kappa shape index (κ2) is 7.33. The maximum Gasteiger partial charge on any atom is 0.122 e. The van der Waals surface area contributed by atoms with E-state index in [9.17, 15) is 0 Å². The molecule has 17 heavy (non-hydrogen) atoms. The average Bonchev–Trinajstić information content (AvgIpc) is 2.27. The zero-order valence-electron chi connectivity index (χ0n) is 11.5. The normalized spacial score (nSPS) is 12.5. The fourth-order valence-electron chi connectivity index (χ4n) is 1.96. The minimum Gasteiger partial charge on any atom is -0.492 e. The van der Waals surface area contributed by atoms with Crippen LogP contribution in [0.1, 0.15) is 37.8 Å². The van der Waals surface area contributed by atoms with Gasteiger partial charge < -0.3 is 10.1 Å². The third-order valence-corrected chi connectivity index (χ3v) is 2.90. The monoisotopic (exact) mass is 235 g/mol. The molecule has 1 rings (SSSR count). The summed E-state index contributed by atoms with van der Waals surface area (Å²) in [6, 6.07) is 6.89. The molecule has 0 spiro atoms. The summed E-state index contributed by atoms with van der Waals surface area (Å²) >= 11 is 0. The molecule has 0 aromatic heterocycles. The molecule has 0 heterocycles. The van der Waals surface area contributed by atoms with E-state index in [2.05, 4.69) is 51.2 Å². The van der Waals surface area contributed by atoms with Crippen molar-refractivity contribution in [3.63, 3.8) is 0 Å². The number of ether oxygens (including phenoxy) is 1. The fraction of sp³-hybridized carbons (Fsp3) is 0.600. The lowest BCUT2D eigenvalue weighted by Crippen LogP contribution is -2.30. The number of aryl methyl sites for hydroxylation is 2. The Morgan fingerprint density at radius 1 is 1.29 bits per heavy atom. The summed E-state index contributed by atoms with van der Waals surface area (Å²) in [5, 5.41) is 3.46. The van der Waals surface area contributed by atoms with Crippen LogP contribution in [0.3, 0.4) is 0 Å². The Morgan fingerprint density at radius 3 is 2.71 bits per heavy atom. The predicted molar refractivity (Wildman–Crippen MR) is 73.8 cm³/mol. The number of nitrogens with one attached hydrogen (secondary N) is 1. The molecule has 96 valence electrons. The van der Waals surface area contributed by atoms with Crippen LogP contribution in [0.25, 0.3) is 0 Å². The van der Waals surface area contributed by atoms with Gasteiger partial charge in [0.25, 0.3) is 0 Å². The largest absolute Gasteiger partial charge is 0.492 e. The summed E-state index contributed by atoms with van der Waals surface area (Å²) in [4.78, 5) is 0. The first-order chi connectivity index (χ1) is 8.13. The second-order valence-electron chi connectivity index (χ2n) is 4.76. The summed E-state index contributed by atoms with van der Waals surface area (Å²) in [5.41, 5.74) is 2.50. The molecule has 0 saturated carbocycles. The molecule has 0 fully saturated rings. The molecule has 1 N–H and O–H groups in total. The molecule has 0 aliphatic carbocycles. The van der Waals surface area contributed by atoms with Gasteiger partial charge in [-0.15, -0.1) is 0 Å². The number of hydrogen-bond acceptors (Lipinski definition) is 2. The van der Waals surface area contributed by atoms with Gasteiger partial charge >= 0.3 is 0 Å². The Hall–Kier alpha value is -1.02. The maximum absolute atomic E-state index is 5.76. The van der Waals surface area contributed by atoms with Gasteiger partial charge in [-0.25, -0.2) is 0 Å². The van der Waals surface area contributed by atoms with E-state index in [0.29, 0.717) is 6.04 Å². The van der Waals surface area contributed by atoms with Crippen molar-refractivity contribution in [1.82, 2.24) is 5.32 Å². The highest BCUT2D eigenvalue weighted by Crippen LogP contribution is 2.18. The lowest BCUT2D eigenvalue weighted by Gasteiger charge is -2.14. The van der Waals surface area contributed by atoms with Crippen molar-refractivity contribution >= 4 is 0 Å². The van der Waals surface area contributed by atoms with E-state index in [1.54, 1.807) is 0 Å². The molecule has 0 aliphatic heterocycles. The van der Waals surface area contributed by atoms with E-state index in [-0.39, 0.29) is 0 Å². The highest BCUT2D eigenvalue weighted by molar-refractivity contribution is 5.35. The van der Waals surface area contributed by atoms with Crippen LogP contribution in [0.2, 0.25) is 0 Å². The Bertz CT molecular complexity index is 336. The van der Waals surface area contributed by atoms with Crippen molar-refractivity contribution in [1.29, 1.82) is 0 Å². The Morgan fingerprint density at radius 2 is 2.06 bits per heavy atom. The zero-order valence-corrected chi connectivity index (χ0v) is 11.5. The molecule has 1 atom stereocenters. The quantitative estimate of drug-likeness (QED) is 0.731. The zero-order chi connectivity index (χ0) is 12.7. The van der Waals surface area contributed by atoms with E-state index in [1.165, 1.54) is 24.0 Å². The van der Waals surface area contributed by atoms with Crippen molar-refractivity contribution in [3.8, 4) is 5.75 Å². The minimum absolute atomic E-state index is 0.586. The molecular weight excluding hydrogens is 210 g/mol. The smallest absolute Gasteiger partial charge is 0.122 e. The van der Waals surface area contributed by atoms with Gasteiger partial charge in [-0.2, -0.15) is 0 Å². The highest BCUT2D eigenvalue weighted by atomic mass is 16.5. The molecule has 0 amide bonds. The first-order valence-electron chi connectivity index (χ1n) is 6.57. The lowest BCUT2D eigenvalue weighted by molar-refractivity contribution is 0.303. The van der Waals surface area contributed by atoms with Crippen molar-refractivity contribution < 1.29 is 4.74 Å². The highest BCUT2D eigenvalue weighted by Gasteiger charge is 2.01. The summed E-state index contributed by atoms with van der Waals surface area (Å²) in [5.74, 6) is 1.00. The van der Waals surface area contributed by atoms with Gasteiger partial charge in [0.15, 0.2) is 0 Å². The average molecular weight is 235 g/mol. The van der Waals surface area contributed by atoms with Gasteiger partial charge in [0.2, 0.25) is 0 Å². The predicted octanol–water partition coefficient (Wildman–Crippen LogP) is 3.46. The molecule has 1 unspecified atom stereocenters. The van der Waals surface area contributed by atoms with E-state index in [4.69, 9.17) is 4.74 Å². The van der Waals surface area contributed by atoms with E-state index >= 15 is 0 Å². The first-order valence-corrected chi connectivity index (χ1v) is 6.57. The van der Waals surface area contributed by atoms with Crippen molar-refractivity contribution in [2.45, 2.75) is 46.6 Å². The van der Waals surface area contributed by atoms with E-state index in [1.807, 2.05) is 0 Å². The Labute approximate surface area is 105 Å². The van der Waals surface area contributed by atoms with Crippen LogP contribution < -0.4 is 10.1 Å². The summed E-state index contributed by atoms with van der Waals surface area (Å²) in [7, 11) is 0. The van der Waals surface area contributed by atoms with Crippen LogP contribution >= 0.6 is 0 Å². The van der Waals surface area contributed by atoms with Gasteiger partial charge in [0.05, 0.1) is 0 Å². The van der Waals surface area contributed by atoms with Crippen LogP contribution in [0, 0.1) is 13.8 Å². The maximum atomic E-state index is 5.76. The topological polar surface area (TPSA) is 21.3 Å². The molecule has 0 bridgehead atoms. The van der Waals surface area contributed by atoms with Gasteiger partial charge in [0, 0.05) is 12.6 Å². The Kier molecular flexibility index (Phi) is 6.06. The van der Waals surface area contributed by atoms with Crippen molar-refractivity contribution in [2.75, 3.05) is 13.2 Å². The second-order valence-corrected chi connectivity index (χ2v) is 4.76. The molecular formula is C15H25NO. The van der Waals surface area contributed by atoms with Crippen LogP contribution in [0.4, 0.5) is 0 Å². The van der Waals surface area contributed by atoms with Crippen molar-refractivity contribution in [3.05, 3.63) is 29.3 Å². The molecule has 2 heteroatoms. The first kappa shape index (κ1) is 14.0. The van der Waals surface area contributed by atoms with Crippen LogP contribution in [0.15, 0.2) is 18.2 Å². The van der Waals surface area contributed by atoms with E-state index < -0.39 is 0 Å². The summed E-state index contributed by atoms with van der Waals surface area (Å²) < 4.78 is 5.76. The third-order valence-electron chi connectivity index (χ3n) is 2.90. The molecule has 2 nitrogen and oxygen atoms in total. The fourth-order valence-corrected chi connectivity index (χ4v) is 1.96. The van der Waals surface area contributed by atoms with Crippen LogP contribution in [-0.4, -0.2) is 19.2 Å². The number of benzene rings is 1. The molecule has 1 aromatic rings. The van der Waals surface area contributed by atoms with E-state index in [0.717, 1.165) is 18.9 Å². The van der Waals surface area contributed by atoms with Gasteiger partial charge in [-0.3, -0.25) is 0 Å². The molecule has 0 radical (unpaired) electrons. The summed E-state index contributed by atoms with van der Waals surface area (Å²) in [6.07, 6.45) is 2.45. The van der Waals surface area contributed by atoms with Crippen molar-refractivity contribution in [2.24, 2.45) is 0 Å². The van der Waals surface area contributed by atoms with Crippen LogP contribution in [-0.2, 0) is 0 Å².